The van der Waals surface area contributed by atoms with E-state index in [0.717, 1.165) is 6.20 Å². The van der Waals surface area contributed by atoms with Crippen molar-refractivity contribution in [1.82, 2.24) is 29.9 Å². The van der Waals surface area contributed by atoms with Crippen molar-refractivity contribution < 1.29 is 42.4 Å². The van der Waals surface area contributed by atoms with Crippen LogP contribution in [0.25, 0.3) is 33.1 Å². The smallest absolute Gasteiger partial charge is 0.226 e. The molecule has 0 radical (unpaired) electrons. The lowest BCUT2D eigenvalue weighted by atomic mass is 10.2. The van der Waals surface area contributed by atoms with Crippen LogP contribution in [0, 0.1) is 0 Å². The summed E-state index contributed by atoms with van der Waals surface area (Å²) in [6.45, 7) is 0. The maximum absolute atomic E-state index is 14.3. The summed E-state index contributed by atoms with van der Waals surface area (Å²) < 4.78 is 138. The molecule has 8 aromatic rings. The molecule has 0 amide bonds. The van der Waals surface area contributed by atoms with E-state index in [2.05, 4.69) is 29.9 Å². The Bertz CT molecular complexity index is 3400. The van der Waals surface area contributed by atoms with E-state index in [0.29, 0.717) is 0 Å². The molecule has 21 heteroatoms. The maximum atomic E-state index is 14.3. The van der Waals surface area contributed by atoms with Crippen molar-refractivity contribution in [2.24, 2.45) is 0 Å². The largest absolute Gasteiger partial charge is 0.767 e. The molecule has 8 rings (SSSR count). The summed E-state index contributed by atoms with van der Waals surface area (Å²) in [6, 6.07) is 27.2. The number of hydrogen-bond acceptors (Lipinski definition) is 16. The number of benzene rings is 5. The molecule has 3 aromatic heterocycles. The van der Waals surface area contributed by atoms with Gasteiger partial charge in [-0.05, 0) is 48.5 Å². The summed E-state index contributed by atoms with van der Waals surface area (Å²) in [6.07, 6.45) is 0.841. The lowest BCUT2D eigenvalue weighted by molar-refractivity contribution is 0.526. The van der Waals surface area contributed by atoms with Gasteiger partial charge in [0.15, 0.2) is 25.1 Å². The lowest BCUT2D eigenvalue weighted by Crippen LogP contribution is -2.17. The molecule has 0 fully saturated rings. The Hall–Kier alpha value is -5.97. The monoisotopic (exact) mass is 857 g/mol. The van der Waals surface area contributed by atoms with Gasteiger partial charge in [0.25, 0.3) is 0 Å². The van der Waals surface area contributed by atoms with E-state index in [-0.39, 0.29) is 19.6 Å². The number of rotatable bonds is 9. The van der Waals surface area contributed by atoms with Crippen LogP contribution in [0.15, 0.2) is 172 Å². The average Bonchev–Trinajstić information content (AvgIpc) is 3.23. The van der Waals surface area contributed by atoms with Crippen LogP contribution in [0.3, 0.4) is 0 Å². The summed E-state index contributed by atoms with van der Waals surface area (Å²) in [5.74, 6) is 0. The average molecular weight is 858 g/mol. The van der Waals surface area contributed by atoms with E-state index in [1.165, 1.54) is 115 Å². The minimum Gasteiger partial charge on any atom is -0.767 e. The third kappa shape index (κ3) is 6.33. The summed E-state index contributed by atoms with van der Waals surface area (Å²) in [5, 5.41) is -5.02. The second kappa shape index (κ2) is 13.9. The zero-order chi connectivity index (χ0) is 40.3. The number of sulfone groups is 4. The highest BCUT2D eigenvalue weighted by atomic mass is 32.2. The fourth-order valence-corrected chi connectivity index (χ4v) is 12.2. The maximum Gasteiger partial charge on any atom is 0.226 e. The summed E-state index contributed by atoms with van der Waals surface area (Å²) >= 11 is -3.43. The molecule has 1 atom stereocenters. The number of hydrogen-bond donors (Lipinski definition) is 0. The highest BCUT2D eigenvalue weighted by molar-refractivity contribution is 7.94. The van der Waals surface area contributed by atoms with Gasteiger partial charge in [0, 0.05) is 11.1 Å². The Morgan fingerprint density at radius 2 is 0.702 bits per heavy atom. The molecule has 57 heavy (non-hydrogen) atoms. The second-order valence-electron chi connectivity index (χ2n) is 12.0. The molecule has 0 aliphatic heterocycles. The van der Waals surface area contributed by atoms with Gasteiger partial charge in [0.1, 0.15) is 33.1 Å². The zero-order valence-corrected chi connectivity index (χ0v) is 32.5. The van der Waals surface area contributed by atoms with Crippen LogP contribution in [-0.4, -0.2) is 72.3 Å². The number of fused-ring (bicyclic) bond motifs is 6. The molecule has 0 N–H and O–H groups in total. The molecule has 0 saturated carbocycles. The molecule has 0 aliphatic rings. The quantitative estimate of drug-likeness (QED) is 0.146. The van der Waals surface area contributed by atoms with Gasteiger partial charge in [-0.25, -0.2) is 63.6 Å². The van der Waals surface area contributed by atoms with E-state index in [1.54, 1.807) is 6.07 Å². The fourth-order valence-electron chi connectivity index (χ4n) is 5.80. The Morgan fingerprint density at radius 1 is 0.386 bits per heavy atom. The van der Waals surface area contributed by atoms with Gasteiger partial charge < -0.3 is 4.55 Å². The first-order valence-electron chi connectivity index (χ1n) is 16.2. The van der Waals surface area contributed by atoms with Crippen LogP contribution in [0.1, 0.15) is 0 Å². The van der Waals surface area contributed by atoms with Gasteiger partial charge in [0.05, 0.1) is 25.8 Å². The van der Waals surface area contributed by atoms with Crippen LogP contribution < -0.4 is 0 Å². The number of aromatic nitrogens is 6. The van der Waals surface area contributed by atoms with Crippen LogP contribution >= 0.6 is 0 Å². The molecule has 286 valence electrons. The first kappa shape index (κ1) is 37.9. The van der Waals surface area contributed by atoms with Crippen LogP contribution in [0.2, 0.25) is 0 Å². The minimum atomic E-state index is -4.86. The van der Waals surface area contributed by atoms with Crippen molar-refractivity contribution in [2.45, 2.75) is 44.7 Å². The minimum absolute atomic E-state index is 0.196. The second-order valence-corrected chi connectivity index (χ2v) is 20.3. The number of nitrogens with zero attached hydrogens (tertiary/aromatic N) is 6. The molecule has 3 heterocycles. The molecular formula is C36H21N6O10S5-. The lowest BCUT2D eigenvalue weighted by Gasteiger charge is -2.16. The highest BCUT2D eigenvalue weighted by Crippen LogP contribution is 2.37. The first-order chi connectivity index (χ1) is 27.1. The molecule has 16 nitrogen and oxygen atoms in total. The van der Waals surface area contributed by atoms with E-state index in [4.69, 9.17) is 0 Å². The Balaban J connectivity index is 1.58. The van der Waals surface area contributed by atoms with E-state index in [1.807, 2.05) is 0 Å². The van der Waals surface area contributed by atoms with Crippen molar-refractivity contribution in [3.05, 3.63) is 128 Å². The van der Waals surface area contributed by atoms with E-state index in [9.17, 15) is 42.4 Å². The van der Waals surface area contributed by atoms with Crippen molar-refractivity contribution in [1.29, 1.82) is 0 Å². The van der Waals surface area contributed by atoms with Gasteiger partial charge >= 0.3 is 0 Å². The standard InChI is InChI=1S/C36H22N6O10S5/c43-53(44)33-34(55(47,48)23-15-7-2-8-16-23)40-31-28-27(37-21-26(38-28)54(45,46)22-13-5-1-6-14-22)29-32(30(31)39-33)42-36(57(51,52)25-19-11-4-12-20-25)35(41-29)56(49,50)24-17-9-3-10-18-24/h1-21H,(H,43,44)/p-1. The highest BCUT2D eigenvalue weighted by Gasteiger charge is 2.36. The van der Waals surface area contributed by atoms with Gasteiger partial charge in [0.2, 0.25) is 39.3 Å². The predicted molar refractivity (Wildman–Crippen MR) is 200 cm³/mol. The molecule has 5 aromatic carbocycles. The van der Waals surface area contributed by atoms with E-state index < -0.39 is 109 Å². The molecule has 1 unspecified atom stereocenters. The summed E-state index contributed by atoms with van der Waals surface area (Å²) in [7, 11) is -18.9. The van der Waals surface area contributed by atoms with Crippen molar-refractivity contribution in [3.63, 3.8) is 0 Å². The SMILES string of the molecule is O=S([O-])c1nc2c(nc1S(=O)(=O)c1ccccc1)c1nc(S(=O)(=O)c3ccccc3)cnc1c1nc(S(=O)(=O)c3ccccc3)c(S(=O)(=O)c3ccccc3)nc21. The fraction of sp³-hybridized carbons (Fsp3) is 0. The van der Waals surface area contributed by atoms with Crippen molar-refractivity contribution >= 4 is 83.5 Å². The van der Waals surface area contributed by atoms with Gasteiger partial charge in [-0.1, -0.05) is 72.8 Å². The van der Waals surface area contributed by atoms with Crippen molar-refractivity contribution in [3.8, 4) is 0 Å². The Kier molecular flexibility index (Phi) is 9.25. The zero-order valence-electron chi connectivity index (χ0n) is 28.4. The Morgan fingerprint density at radius 3 is 1.11 bits per heavy atom. The molecular weight excluding hydrogens is 837 g/mol. The van der Waals surface area contributed by atoms with Crippen molar-refractivity contribution in [2.75, 3.05) is 0 Å². The normalized spacial score (nSPS) is 13.2. The van der Waals surface area contributed by atoms with Gasteiger partial charge in [-0.2, -0.15) is 0 Å². The van der Waals surface area contributed by atoms with Gasteiger partial charge in [-0.15, -0.1) is 0 Å². The molecule has 0 saturated heterocycles. The summed E-state index contributed by atoms with van der Waals surface area (Å²) in [4.78, 5) is 24.2. The van der Waals surface area contributed by atoms with Crippen LogP contribution in [-0.2, 0) is 50.4 Å². The van der Waals surface area contributed by atoms with Crippen LogP contribution in [0.4, 0.5) is 0 Å². The third-order valence-corrected chi connectivity index (χ3v) is 16.1. The van der Waals surface area contributed by atoms with Crippen LogP contribution in [0.5, 0.6) is 0 Å². The molecule has 0 bridgehead atoms. The predicted octanol–water partition coefficient (Wildman–Crippen LogP) is 4.09. The van der Waals surface area contributed by atoms with E-state index >= 15 is 0 Å². The third-order valence-electron chi connectivity index (χ3n) is 8.50. The summed E-state index contributed by atoms with van der Waals surface area (Å²) in [5.41, 5.74) is -3.19. The first-order valence-corrected chi connectivity index (χ1v) is 23.2. The Labute approximate surface area is 326 Å². The molecule has 0 spiro atoms. The van der Waals surface area contributed by atoms with Gasteiger partial charge in [-0.3, -0.25) is 4.21 Å². The topological polar surface area (TPSA) is 254 Å². The molecule has 0 aliphatic carbocycles.